The van der Waals surface area contributed by atoms with Gasteiger partial charge in [0.1, 0.15) is 12.1 Å². The Labute approximate surface area is 110 Å². The average molecular weight is 277 g/mol. The van der Waals surface area contributed by atoms with E-state index in [2.05, 4.69) is 15.3 Å². The molecule has 1 heterocycles. The Hall–Kier alpha value is -1.53. The molecular formula is C12H18F3N3O. The van der Waals surface area contributed by atoms with E-state index in [4.69, 9.17) is 4.74 Å². The third kappa shape index (κ3) is 4.25. The van der Waals surface area contributed by atoms with E-state index in [-0.39, 0.29) is 5.88 Å². The van der Waals surface area contributed by atoms with Crippen LogP contribution in [0.3, 0.4) is 0 Å². The van der Waals surface area contributed by atoms with E-state index in [1.807, 2.05) is 13.8 Å². The summed E-state index contributed by atoms with van der Waals surface area (Å²) in [6.45, 7) is 5.41. The Morgan fingerprint density at radius 2 is 2.00 bits per heavy atom. The maximum Gasteiger partial charge on any atom is 0.425 e. The van der Waals surface area contributed by atoms with Crippen LogP contribution >= 0.6 is 0 Å². The summed E-state index contributed by atoms with van der Waals surface area (Å²) in [5.41, 5.74) is 0.586. The number of nitrogens with zero attached hydrogens (tertiary/aromatic N) is 2. The lowest BCUT2D eigenvalue weighted by Gasteiger charge is -2.19. The third-order valence-corrected chi connectivity index (χ3v) is 2.50. The molecular weight excluding hydrogens is 259 g/mol. The van der Waals surface area contributed by atoms with Gasteiger partial charge < -0.3 is 10.1 Å². The second-order valence-corrected chi connectivity index (χ2v) is 4.09. The zero-order valence-corrected chi connectivity index (χ0v) is 11.2. The number of hydrogen-bond acceptors (Lipinski definition) is 4. The highest BCUT2D eigenvalue weighted by molar-refractivity contribution is 5.48. The van der Waals surface area contributed by atoms with Crippen LogP contribution in [0.5, 0.6) is 5.88 Å². The molecule has 0 bridgehead atoms. The minimum atomic E-state index is -4.41. The topological polar surface area (TPSA) is 47.0 Å². The number of ether oxygens (including phenoxy) is 1. The minimum Gasteiger partial charge on any atom is -0.465 e. The summed E-state index contributed by atoms with van der Waals surface area (Å²) in [5.74, 6) is 0.529. The third-order valence-electron chi connectivity index (χ3n) is 2.50. The van der Waals surface area contributed by atoms with Gasteiger partial charge in [-0.15, -0.1) is 0 Å². The van der Waals surface area contributed by atoms with Crippen LogP contribution in [0.25, 0.3) is 0 Å². The monoisotopic (exact) mass is 277 g/mol. The van der Waals surface area contributed by atoms with Crippen molar-refractivity contribution in [3.05, 3.63) is 11.9 Å². The molecule has 0 radical (unpaired) electrons. The van der Waals surface area contributed by atoms with Crippen LogP contribution < -0.4 is 10.1 Å². The number of nitrogens with one attached hydrogen (secondary N) is 1. The lowest BCUT2D eigenvalue weighted by atomic mass is 10.1. The maximum absolute atomic E-state index is 12.5. The molecule has 7 heteroatoms. The van der Waals surface area contributed by atoms with Gasteiger partial charge in [0.2, 0.25) is 5.88 Å². The molecule has 1 rings (SSSR count). The van der Waals surface area contributed by atoms with Crippen molar-refractivity contribution < 1.29 is 17.9 Å². The van der Waals surface area contributed by atoms with E-state index in [9.17, 15) is 13.2 Å². The molecule has 0 amide bonds. The standard InChI is InChI=1S/C12H18F3N3O/c1-4-6-9-10(16-5-2)17-7-18-11(9)19-8(3)12(13,14)15/h7-8H,4-6H2,1-3H3,(H,16,17,18). The zero-order chi connectivity index (χ0) is 14.5. The normalized spacial score (nSPS) is 13.2. The molecule has 0 aliphatic carbocycles. The van der Waals surface area contributed by atoms with E-state index in [1.165, 1.54) is 6.33 Å². The fourth-order valence-electron chi connectivity index (χ4n) is 1.53. The first-order valence-electron chi connectivity index (χ1n) is 6.21. The second kappa shape index (κ2) is 6.58. The van der Waals surface area contributed by atoms with Crippen LogP contribution in [0.15, 0.2) is 6.33 Å². The molecule has 0 saturated heterocycles. The van der Waals surface area contributed by atoms with Crippen molar-refractivity contribution in [2.75, 3.05) is 11.9 Å². The summed E-state index contributed by atoms with van der Waals surface area (Å²) < 4.78 is 42.5. The van der Waals surface area contributed by atoms with Gasteiger partial charge in [0.25, 0.3) is 0 Å². The molecule has 0 aliphatic heterocycles. The Bertz CT molecular complexity index is 410. The minimum absolute atomic E-state index is 0.00220. The fourth-order valence-corrected chi connectivity index (χ4v) is 1.53. The number of aromatic nitrogens is 2. The van der Waals surface area contributed by atoms with Crippen molar-refractivity contribution in [2.45, 2.75) is 45.9 Å². The highest BCUT2D eigenvalue weighted by Gasteiger charge is 2.38. The van der Waals surface area contributed by atoms with Gasteiger partial charge in [0.05, 0.1) is 5.56 Å². The Balaban J connectivity index is 3.02. The Morgan fingerprint density at radius 1 is 1.32 bits per heavy atom. The SMILES string of the molecule is CCCc1c(NCC)ncnc1OC(C)C(F)(F)F. The molecule has 19 heavy (non-hydrogen) atoms. The largest absolute Gasteiger partial charge is 0.465 e. The van der Waals surface area contributed by atoms with Crippen LogP contribution in [-0.4, -0.2) is 28.8 Å². The van der Waals surface area contributed by atoms with Gasteiger partial charge in [0.15, 0.2) is 6.10 Å². The Kier molecular flexibility index (Phi) is 5.38. The molecule has 0 saturated carbocycles. The number of hydrogen-bond donors (Lipinski definition) is 1. The molecule has 0 aliphatic rings. The quantitative estimate of drug-likeness (QED) is 0.867. The average Bonchev–Trinajstić information content (AvgIpc) is 2.32. The molecule has 1 aromatic heterocycles. The van der Waals surface area contributed by atoms with E-state index >= 15 is 0 Å². The van der Waals surface area contributed by atoms with Crippen LogP contribution in [0.4, 0.5) is 19.0 Å². The summed E-state index contributed by atoms with van der Waals surface area (Å²) in [6, 6.07) is 0. The maximum atomic E-state index is 12.5. The van der Waals surface area contributed by atoms with Crippen LogP contribution in [0.1, 0.15) is 32.8 Å². The Morgan fingerprint density at radius 3 is 2.53 bits per heavy atom. The van der Waals surface area contributed by atoms with E-state index < -0.39 is 12.3 Å². The number of rotatable bonds is 6. The lowest BCUT2D eigenvalue weighted by Crippen LogP contribution is -2.32. The highest BCUT2D eigenvalue weighted by Crippen LogP contribution is 2.28. The summed E-state index contributed by atoms with van der Waals surface area (Å²) in [7, 11) is 0. The van der Waals surface area contributed by atoms with Crippen molar-refractivity contribution in [1.29, 1.82) is 0 Å². The van der Waals surface area contributed by atoms with Gasteiger partial charge >= 0.3 is 6.18 Å². The first kappa shape index (κ1) is 15.5. The molecule has 4 nitrogen and oxygen atoms in total. The predicted molar refractivity (Wildman–Crippen MR) is 66.3 cm³/mol. The van der Waals surface area contributed by atoms with Crippen molar-refractivity contribution in [2.24, 2.45) is 0 Å². The van der Waals surface area contributed by atoms with Gasteiger partial charge in [-0.1, -0.05) is 13.3 Å². The molecule has 0 spiro atoms. The first-order chi connectivity index (χ1) is 8.90. The molecule has 1 unspecified atom stereocenters. The number of alkyl halides is 3. The first-order valence-corrected chi connectivity index (χ1v) is 6.21. The summed E-state index contributed by atoms with van der Waals surface area (Å²) in [4.78, 5) is 7.85. The van der Waals surface area contributed by atoms with Crippen molar-refractivity contribution >= 4 is 5.82 Å². The van der Waals surface area contributed by atoms with Crippen LogP contribution in [0.2, 0.25) is 0 Å². The van der Waals surface area contributed by atoms with Gasteiger partial charge in [-0.3, -0.25) is 0 Å². The summed E-state index contributed by atoms with van der Waals surface area (Å²) in [5, 5.41) is 3.00. The smallest absolute Gasteiger partial charge is 0.425 e. The van der Waals surface area contributed by atoms with Crippen molar-refractivity contribution in [1.82, 2.24) is 9.97 Å². The van der Waals surface area contributed by atoms with Gasteiger partial charge in [-0.25, -0.2) is 9.97 Å². The fraction of sp³-hybridized carbons (Fsp3) is 0.667. The van der Waals surface area contributed by atoms with Crippen LogP contribution in [0, 0.1) is 0 Å². The second-order valence-electron chi connectivity index (χ2n) is 4.09. The van der Waals surface area contributed by atoms with E-state index in [0.29, 0.717) is 24.3 Å². The molecule has 108 valence electrons. The van der Waals surface area contributed by atoms with Gasteiger partial charge in [0, 0.05) is 6.54 Å². The molecule has 1 N–H and O–H groups in total. The zero-order valence-electron chi connectivity index (χ0n) is 11.2. The summed E-state index contributed by atoms with van der Waals surface area (Å²) in [6.07, 6.45) is -3.78. The van der Waals surface area contributed by atoms with Crippen molar-refractivity contribution in [3.8, 4) is 5.88 Å². The van der Waals surface area contributed by atoms with Crippen LogP contribution in [-0.2, 0) is 6.42 Å². The molecule has 0 fully saturated rings. The molecule has 1 atom stereocenters. The van der Waals surface area contributed by atoms with Crippen molar-refractivity contribution in [3.63, 3.8) is 0 Å². The highest BCUT2D eigenvalue weighted by atomic mass is 19.4. The number of anilines is 1. The van der Waals surface area contributed by atoms with E-state index in [1.54, 1.807) is 0 Å². The molecule has 1 aromatic rings. The summed E-state index contributed by atoms with van der Waals surface area (Å²) >= 11 is 0. The molecule has 0 aromatic carbocycles. The van der Waals surface area contributed by atoms with E-state index in [0.717, 1.165) is 13.3 Å². The predicted octanol–water partition coefficient (Wildman–Crippen LogP) is 3.19. The lowest BCUT2D eigenvalue weighted by molar-refractivity contribution is -0.190. The van der Waals surface area contributed by atoms with Gasteiger partial charge in [-0.05, 0) is 20.3 Å². The van der Waals surface area contributed by atoms with Gasteiger partial charge in [-0.2, -0.15) is 13.2 Å². The number of halogens is 3.